The maximum atomic E-state index is 11.3. The van der Waals surface area contributed by atoms with E-state index in [0.717, 1.165) is 0 Å². The maximum absolute atomic E-state index is 11.3. The van der Waals surface area contributed by atoms with Crippen LogP contribution in [-0.2, 0) is 14.3 Å². The monoisotopic (exact) mass is 201 g/mol. The first-order valence-electron chi connectivity index (χ1n) is 4.19. The summed E-state index contributed by atoms with van der Waals surface area (Å²) in [6, 6.07) is -0.360. The Labute approximate surface area is 80.6 Å². The number of fused-ring (bicyclic) bond motifs is 1. The summed E-state index contributed by atoms with van der Waals surface area (Å²) < 4.78 is 4.66. The average molecular weight is 201 g/mol. The number of methoxy groups -OCH3 is 1. The Morgan fingerprint density at radius 2 is 2.38 bits per heavy atom. The highest BCUT2D eigenvalue weighted by atomic mass is 32.2. The van der Waals surface area contributed by atoms with Crippen molar-refractivity contribution < 1.29 is 14.3 Å². The highest BCUT2D eigenvalue weighted by molar-refractivity contribution is 8.00. The quantitative estimate of drug-likeness (QED) is 0.450. The van der Waals surface area contributed by atoms with Gasteiger partial charge in [-0.1, -0.05) is 6.92 Å². The van der Waals surface area contributed by atoms with E-state index < -0.39 is 0 Å². The first kappa shape index (κ1) is 8.87. The van der Waals surface area contributed by atoms with Crippen molar-refractivity contribution in [2.24, 2.45) is 0 Å². The zero-order valence-corrected chi connectivity index (χ0v) is 8.34. The molecule has 2 saturated heterocycles. The minimum atomic E-state index is -0.360. The van der Waals surface area contributed by atoms with E-state index in [1.54, 1.807) is 16.7 Å². The fraction of sp³-hybridized carbons (Fsp3) is 0.750. The standard InChI is InChI=1S/C8H11NO3S/c1-4-7(8(11)12-2)9-5(10)3-6(9)13-4/h4,6-7H,3H2,1-2H3/t4-,6-,7-/m1/s1. The Morgan fingerprint density at radius 3 is 2.92 bits per heavy atom. The molecule has 0 aromatic rings. The van der Waals surface area contributed by atoms with Crippen molar-refractivity contribution in [3.8, 4) is 0 Å². The van der Waals surface area contributed by atoms with Crippen LogP contribution < -0.4 is 0 Å². The van der Waals surface area contributed by atoms with Gasteiger partial charge in [-0.3, -0.25) is 4.79 Å². The van der Waals surface area contributed by atoms with Crippen LogP contribution in [0.1, 0.15) is 13.3 Å². The molecule has 0 N–H and O–H groups in total. The summed E-state index contributed by atoms with van der Waals surface area (Å²) in [4.78, 5) is 24.2. The van der Waals surface area contributed by atoms with Gasteiger partial charge in [-0.15, -0.1) is 11.8 Å². The SMILES string of the molecule is COC(=O)[C@H]1[C@@H](C)S[C@@H]2CC(=O)N21. The van der Waals surface area contributed by atoms with E-state index >= 15 is 0 Å². The third kappa shape index (κ3) is 1.14. The average Bonchev–Trinajstić information content (AvgIpc) is 2.36. The Balaban J connectivity index is 2.16. The number of rotatable bonds is 1. The molecule has 2 aliphatic heterocycles. The molecule has 2 heterocycles. The number of β-lactam (4-membered cyclic amide) rings is 1. The predicted octanol–water partition coefficient (Wildman–Crippen LogP) is 0.222. The van der Waals surface area contributed by atoms with Gasteiger partial charge in [0.2, 0.25) is 5.91 Å². The van der Waals surface area contributed by atoms with Crippen molar-refractivity contribution in [2.45, 2.75) is 30.0 Å². The van der Waals surface area contributed by atoms with E-state index in [-0.39, 0.29) is 28.5 Å². The van der Waals surface area contributed by atoms with Crippen LogP contribution in [0.25, 0.3) is 0 Å². The largest absolute Gasteiger partial charge is 0.467 e. The van der Waals surface area contributed by atoms with Gasteiger partial charge in [-0.05, 0) is 0 Å². The summed E-state index contributed by atoms with van der Waals surface area (Å²) in [5.41, 5.74) is 0. The molecule has 0 saturated carbocycles. The van der Waals surface area contributed by atoms with Gasteiger partial charge in [0, 0.05) is 5.25 Å². The second kappa shape index (κ2) is 2.90. The smallest absolute Gasteiger partial charge is 0.329 e. The number of ether oxygens (including phenoxy) is 1. The molecule has 4 nitrogen and oxygen atoms in total. The summed E-state index contributed by atoms with van der Waals surface area (Å²) in [5, 5.41) is 0.371. The lowest BCUT2D eigenvalue weighted by molar-refractivity contribution is -0.158. The molecule has 0 bridgehead atoms. The Hall–Kier alpha value is -0.710. The van der Waals surface area contributed by atoms with Crippen LogP contribution >= 0.6 is 11.8 Å². The van der Waals surface area contributed by atoms with Crippen molar-refractivity contribution in [2.75, 3.05) is 7.11 Å². The number of carbonyl (C=O) groups excluding carboxylic acids is 2. The number of thioether (sulfide) groups is 1. The third-order valence-electron chi connectivity index (χ3n) is 2.51. The number of nitrogens with zero attached hydrogens (tertiary/aromatic N) is 1. The molecule has 0 aromatic heterocycles. The molecular formula is C8H11NO3S. The lowest BCUT2D eigenvalue weighted by Crippen LogP contribution is -2.55. The van der Waals surface area contributed by atoms with Crippen molar-refractivity contribution in [3.05, 3.63) is 0 Å². The van der Waals surface area contributed by atoms with Crippen LogP contribution in [0.4, 0.5) is 0 Å². The van der Waals surface area contributed by atoms with Gasteiger partial charge in [0.25, 0.3) is 0 Å². The summed E-state index contributed by atoms with van der Waals surface area (Å²) in [6.45, 7) is 1.96. The molecule has 2 aliphatic rings. The van der Waals surface area contributed by atoms with Gasteiger partial charge in [0.05, 0.1) is 18.9 Å². The molecule has 2 rings (SSSR count). The molecule has 3 atom stereocenters. The van der Waals surface area contributed by atoms with E-state index in [2.05, 4.69) is 4.74 Å². The van der Waals surface area contributed by atoms with E-state index in [9.17, 15) is 9.59 Å². The molecule has 1 amide bonds. The predicted molar refractivity (Wildman–Crippen MR) is 48.1 cm³/mol. The van der Waals surface area contributed by atoms with Crippen LogP contribution in [0.15, 0.2) is 0 Å². The van der Waals surface area contributed by atoms with Crippen LogP contribution in [-0.4, -0.2) is 40.6 Å². The van der Waals surface area contributed by atoms with E-state index in [1.807, 2.05) is 6.92 Å². The van der Waals surface area contributed by atoms with Crippen LogP contribution in [0.2, 0.25) is 0 Å². The number of esters is 1. The summed E-state index contributed by atoms with van der Waals surface area (Å²) in [7, 11) is 1.36. The number of amides is 1. The molecule has 13 heavy (non-hydrogen) atoms. The van der Waals surface area contributed by atoms with Gasteiger partial charge in [0.1, 0.15) is 6.04 Å². The normalized spacial score (nSPS) is 36.9. The topological polar surface area (TPSA) is 46.6 Å². The van der Waals surface area contributed by atoms with Crippen molar-refractivity contribution in [3.63, 3.8) is 0 Å². The summed E-state index contributed by atoms with van der Waals surface area (Å²) in [6.07, 6.45) is 0.572. The number of hydrogen-bond acceptors (Lipinski definition) is 4. The molecular weight excluding hydrogens is 190 g/mol. The highest BCUT2D eigenvalue weighted by Gasteiger charge is 2.53. The molecule has 0 aliphatic carbocycles. The molecule has 0 aromatic carbocycles. The second-order valence-electron chi connectivity index (χ2n) is 3.27. The van der Waals surface area contributed by atoms with Gasteiger partial charge < -0.3 is 9.64 Å². The summed E-state index contributed by atoms with van der Waals surface area (Å²) in [5.74, 6) is -0.229. The minimum absolute atomic E-state index is 0.0669. The number of carbonyl (C=O) groups is 2. The van der Waals surface area contributed by atoms with E-state index in [0.29, 0.717) is 6.42 Å². The molecule has 72 valence electrons. The fourth-order valence-corrected chi connectivity index (χ4v) is 3.33. The molecule has 5 heteroatoms. The van der Waals surface area contributed by atoms with Crippen molar-refractivity contribution in [1.82, 2.24) is 4.90 Å². The second-order valence-corrected chi connectivity index (χ2v) is 4.83. The van der Waals surface area contributed by atoms with Crippen LogP contribution in [0.5, 0.6) is 0 Å². The Bertz CT molecular complexity index is 268. The van der Waals surface area contributed by atoms with Gasteiger partial charge >= 0.3 is 5.97 Å². The molecule has 0 spiro atoms. The first-order valence-corrected chi connectivity index (χ1v) is 5.14. The van der Waals surface area contributed by atoms with Crippen molar-refractivity contribution >= 4 is 23.6 Å². The highest BCUT2D eigenvalue weighted by Crippen LogP contribution is 2.44. The number of hydrogen-bond donors (Lipinski definition) is 0. The minimum Gasteiger partial charge on any atom is -0.467 e. The lowest BCUT2D eigenvalue weighted by atomic mass is 10.1. The lowest BCUT2D eigenvalue weighted by Gasteiger charge is -2.36. The Kier molecular flexibility index (Phi) is 1.98. The van der Waals surface area contributed by atoms with E-state index in [4.69, 9.17) is 0 Å². The zero-order valence-electron chi connectivity index (χ0n) is 7.52. The molecule has 2 fully saturated rings. The molecule has 0 radical (unpaired) electrons. The van der Waals surface area contributed by atoms with E-state index in [1.165, 1.54) is 7.11 Å². The Morgan fingerprint density at radius 1 is 1.69 bits per heavy atom. The van der Waals surface area contributed by atoms with Gasteiger partial charge in [-0.25, -0.2) is 4.79 Å². The zero-order chi connectivity index (χ0) is 9.59. The van der Waals surface area contributed by atoms with Crippen molar-refractivity contribution in [1.29, 1.82) is 0 Å². The van der Waals surface area contributed by atoms with Gasteiger partial charge in [-0.2, -0.15) is 0 Å². The maximum Gasteiger partial charge on any atom is 0.329 e. The fourth-order valence-electron chi connectivity index (χ4n) is 1.82. The first-order chi connectivity index (χ1) is 6.15. The third-order valence-corrected chi connectivity index (χ3v) is 3.90. The summed E-state index contributed by atoms with van der Waals surface area (Å²) >= 11 is 1.68. The van der Waals surface area contributed by atoms with Crippen LogP contribution in [0, 0.1) is 0 Å². The molecule has 0 unspecified atom stereocenters. The van der Waals surface area contributed by atoms with Gasteiger partial charge in [0.15, 0.2) is 0 Å². The van der Waals surface area contributed by atoms with Crippen LogP contribution in [0.3, 0.4) is 0 Å².